The Bertz CT molecular complexity index is 154. The quantitative estimate of drug-likeness (QED) is 0.326. The zero-order chi connectivity index (χ0) is 7.98. The molecule has 4 nitrogen and oxygen atoms in total. The van der Waals surface area contributed by atoms with Gasteiger partial charge in [0.25, 0.3) is 0 Å². The SMILES string of the molecule is [C-]#[N+]C/N=C(\N)NC(C)C. The molecule has 0 aromatic heterocycles. The summed E-state index contributed by atoms with van der Waals surface area (Å²) in [4.78, 5) is 6.74. The summed E-state index contributed by atoms with van der Waals surface area (Å²) in [6, 6.07) is 0.273. The molecule has 0 spiro atoms. The van der Waals surface area contributed by atoms with E-state index in [1.54, 1.807) is 0 Å². The number of hydrogen-bond acceptors (Lipinski definition) is 1. The zero-order valence-electron chi connectivity index (χ0n) is 6.26. The molecule has 0 aromatic carbocycles. The Labute approximate surface area is 61.0 Å². The number of guanidine groups is 1. The van der Waals surface area contributed by atoms with Gasteiger partial charge in [0.2, 0.25) is 0 Å². The van der Waals surface area contributed by atoms with Crippen LogP contribution in [0.25, 0.3) is 4.85 Å². The van der Waals surface area contributed by atoms with Gasteiger partial charge in [0.05, 0.1) is 0 Å². The molecule has 0 unspecified atom stereocenters. The van der Waals surface area contributed by atoms with Crippen LogP contribution in [0.4, 0.5) is 0 Å². The molecule has 4 heteroatoms. The maximum absolute atomic E-state index is 6.41. The highest BCUT2D eigenvalue weighted by molar-refractivity contribution is 5.78. The van der Waals surface area contributed by atoms with Gasteiger partial charge in [0.1, 0.15) is 0 Å². The maximum Gasteiger partial charge on any atom is 0.309 e. The second-order valence-electron chi connectivity index (χ2n) is 2.14. The minimum atomic E-state index is 0.103. The first-order chi connectivity index (χ1) is 4.66. The van der Waals surface area contributed by atoms with Crippen molar-refractivity contribution in [2.75, 3.05) is 6.67 Å². The van der Waals surface area contributed by atoms with E-state index in [0.717, 1.165) is 0 Å². The van der Waals surface area contributed by atoms with E-state index in [9.17, 15) is 0 Å². The van der Waals surface area contributed by atoms with E-state index in [1.165, 1.54) is 0 Å². The van der Waals surface area contributed by atoms with E-state index in [4.69, 9.17) is 12.3 Å². The molecule has 0 atom stereocenters. The number of nitrogens with one attached hydrogen (secondary N) is 1. The van der Waals surface area contributed by atoms with Gasteiger partial charge < -0.3 is 11.1 Å². The van der Waals surface area contributed by atoms with Crippen LogP contribution in [0.3, 0.4) is 0 Å². The topological polar surface area (TPSA) is 54.8 Å². The Kier molecular flexibility index (Phi) is 4.05. The van der Waals surface area contributed by atoms with Crippen molar-refractivity contribution in [2.24, 2.45) is 10.7 Å². The van der Waals surface area contributed by atoms with Gasteiger partial charge in [-0.25, -0.2) is 6.57 Å². The average molecular weight is 140 g/mol. The van der Waals surface area contributed by atoms with E-state index in [1.807, 2.05) is 13.8 Å². The second-order valence-corrected chi connectivity index (χ2v) is 2.14. The molecule has 0 amide bonds. The molecule has 0 bridgehead atoms. The van der Waals surface area contributed by atoms with Crippen LogP contribution in [-0.4, -0.2) is 18.7 Å². The van der Waals surface area contributed by atoms with Crippen LogP contribution < -0.4 is 11.1 Å². The maximum atomic E-state index is 6.41. The van der Waals surface area contributed by atoms with E-state index < -0.39 is 0 Å². The lowest BCUT2D eigenvalue weighted by atomic mass is 10.4. The van der Waals surface area contributed by atoms with E-state index >= 15 is 0 Å². The fourth-order valence-electron chi connectivity index (χ4n) is 0.453. The van der Waals surface area contributed by atoms with Crippen molar-refractivity contribution in [3.05, 3.63) is 11.4 Å². The highest BCUT2D eigenvalue weighted by Gasteiger charge is 1.93. The summed E-state index contributed by atoms with van der Waals surface area (Å²) in [6.07, 6.45) is 0. The van der Waals surface area contributed by atoms with Gasteiger partial charge in [-0.05, 0) is 13.8 Å². The minimum absolute atomic E-state index is 0.103. The van der Waals surface area contributed by atoms with Crippen molar-refractivity contribution < 1.29 is 0 Å². The van der Waals surface area contributed by atoms with E-state index in [2.05, 4.69) is 15.2 Å². The molecule has 0 aliphatic carbocycles. The number of aliphatic imine (C=N–C) groups is 1. The van der Waals surface area contributed by atoms with Crippen LogP contribution in [0.15, 0.2) is 4.99 Å². The lowest BCUT2D eigenvalue weighted by molar-refractivity contribution is 0.726. The molecular formula is C6H12N4. The smallest absolute Gasteiger partial charge is 0.309 e. The Hall–Kier alpha value is -1.24. The van der Waals surface area contributed by atoms with Crippen LogP contribution in [0, 0.1) is 6.57 Å². The minimum Gasteiger partial charge on any atom is -0.370 e. The molecule has 0 saturated heterocycles. The molecule has 0 saturated carbocycles. The third kappa shape index (κ3) is 4.91. The first-order valence-electron chi connectivity index (χ1n) is 3.06. The molecular weight excluding hydrogens is 128 g/mol. The lowest BCUT2D eigenvalue weighted by Crippen LogP contribution is -2.36. The van der Waals surface area contributed by atoms with Crippen LogP contribution >= 0.6 is 0 Å². The third-order valence-corrected chi connectivity index (χ3v) is 0.748. The van der Waals surface area contributed by atoms with Crippen molar-refractivity contribution in [3.8, 4) is 0 Å². The zero-order valence-corrected chi connectivity index (χ0v) is 6.26. The largest absolute Gasteiger partial charge is 0.370 e. The second kappa shape index (κ2) is 4.62. The number of hydrogen-bond donors (Lipinski definition) is 2. The molecule has 0 aliphatic heterocycles. The molecule has 0 aromatic rings. The van der Waals surface area contributed by atoms with Gasteiger partial charge in [-0.15, -0.1) is 0 Å². The normalized spacial score (nSPS) is 11.2. The summed E-state index contributed by atoms with van der Waals surface area (Å²) >= 11 is 0. The predicted octanol–water partition coefficient (Wildman–Crippen LogP) is 0.176. The summed E-state index contributed by atoms with van der Waals surface area (Å²) < 4.78 is 0. The van der Waals surface area contributed by atoms with E-state index in [-0.39, 0.29) is 12.7 Å². The molecule has 3 N–H and O–H groups in total. The van der Waals surface area contributed by atoms with Gasteiger partial charge in [0, 0.05) is 6.04 Å². The summed E-state index contributed by atoms with van der Waals surface area (Å²) in [5.74, 6) is 0.339. The van der Waals surface area contributed by atoms with Crippen LogP contribution in [0.5, 0.6) is 0 Å². The van der Waals surface area contributed by atoms with Gasteiger partial charge in [-0.2, -0.15) is 4.99 Å². The average Bonchev–Trinajstić information content (AvgIpc) is 1.82. The predicted molar refractivity (Wildman–Crippen MR) is 41.4 cm³/mol. The van der Waals surface area contributed by atoms with Gasteiger partial charge in [0.15, 0.2) is 5.96 Å². The molecule has 0 fully saturated rings. The van der Waals surface area contributed by atoms with E-state index in [0.29, 0.717) is 5.96 Å². The first kappa shape index (κ1) is 8.76. The fraction of sp³-hybridized carbons (Fsp3) is 0.667. The van der Waals surface area contributed by atoms with Crippen LogP contribution in [0.2, 0.25) is 0 Å². The summed E-state index contributed by atoms with van der Waals surface area (Å²) in [5.41, 5.74) is 5.36. The van der Waals surface area contributed by atoms with Gasteiger partial charge >= 0.3 is 6.67 Å². The monoisotopic (exact) mass is 140 g/mol. The number of rotatable bonds is 2. The van der Waals surface area contributed by atoms with Crippen LogP contribution in [-0.2, 0) is 0 Å². The molecule has 10 heavy (non-hydrogen) atoms. The Balaban J connectivity index is 3.62. The Morgan fingerprint density at radius 3 is 2.80 bits per heavy atom. The Morgan fingerprint density at radius 1 is 1.80 bits per heavy atom. The number of nitrogens with two attached hydrogens (primary N) is 1. The van der Waals surface area contributed by atoms with Gasteiger partial charge in [-0.3, -0.25) is 4.85 Å². The number of nitrogens with zero attached hydrogens (tertiary/aromatic N) is 2. The van der Waals surface area contributed by atoms with Crippen molar-refractivity contribution in [1.82, 2.24) is 5.32 Å². The molecule has 0 rings (SSSR count). The summed E-state index contributed by atoms with van der Waals surface area (Å²) in [5, 5.41) is 2.86. The molecule has 0 heterocycles. The summed E-state index contributed by atoms with van der Waals surface area (Å²) in [7, 11) is 0. The van der Waals surface area contributed by atoms with Crippen LogP contribution in [0.1, 0.15) is 13.8 Å². The van der Waals surface area contributed by atoms with Crippen molar-refractivity contribution in [2.45, 2.75) is 19.9 Å². The Morgan fingerprint density at radius 2 is 2.40 bits per heavy atom. The standard InChI is InChI=1S/C6H12N4/c1-5(2)10-6(7)9-4-8-3/h5H,4H2,1-2H3,(H3,7,9,10). The first-order valence-corrected chi connectivity index (χ1v) is 3.06. The van der Waals surface area contributed by atoms with Crippen molar-refractivity contribution in [3.63, 3.8) is 0 Å². The summed E-state index contributed by atoms with van der Waals surface area (Å²) in [6.45, 7) is 10.4. The highest BCUT2D eigenvalue weighted by Crippen LogP contribution is 1.75. The molecule has 0 aliphatic rings. The highest BCUT2D eigenvalue weighted by atomic mass is 15.1. The fourth-order valence-corrected chi connectivity index (χ4v) is 0.453. The van der Waals surface area contributed by atoms with Crippen molar-refractivity contribution >= 4 is 5.96 Å². The molecule has 56 valence electrons. The molecule has 0 radical (unpaired) electrons. The van der Waals surface area contributed by atoms with Gasteiger partial charge in [-0.1, -0.05) is 0 Å². The third-order valence-electron chi connectivity index (χ3n) is 0.748. The lowest BCUT2D eigenvalue weighted by Gasteiger charge is -2.06. The van der Waals surface area contributed by atoms with Crippen molar-refractivity contribution in [1.29, 1.82) is 0 Å².